The molecule has 0 radical (unpaired) electrons. The monoisotopic (exact) mass is 287 g/mol. The highest BCUT2D eigenvalue weighted by Crippen LogP contribution is 2.25. The zero-order chi connectivity index (χ0) is 15.4. The molecule has 2 aromatic rings. The molecule has 0 saturated heterocycles. The molecule has 0 amide bonds. The summed E-state index contributed by atoms with van der Waals surface area (Å²) in [5.74, 6) is 0.0263. The summed E-state index contributed by atoms with van der Waals surface area (Å²) in [6.45, 7) is 0. The van der Waals surface area contributed by atoms with Gasteiger partial charge in [0, 0.05) is 18.8 Å². The van der Waals surface area contributed by atoms with Gasteiger partial charge in [-0.2, -0.15) is 0 Å². The van der Waals surface area contributed by atoms with Crippen molar-refractivity contribution in [1.29, 1.82) is 0 Å². The molecule has 21 heavy (non-hydrogen) atoms. The van der Waals surface area contributed by atoms with Crippen LogP contribution in [0.1, 0.15) is 5.69 Å². The van der Waals surface area contributed by atoms with Crippen LogP contribution in [0, 0.1) is 10.1 Å². The predicted octanol–water partition coefficient (Wildman–Crippen LogP) is 1.85. The second-order valence-corrected chi connectivity index (χ2v) is 4.17. The fourth-order valence-electron chi connectivity index (χ4n) is 1.80. The maximum atomic E-state index is 11.0. The van der Waals surface area contributed by atoms with Crippen LogP contribution in [0.3, 0.4) is 0 Å². The molecule has 3 N–H and O–H groups in total. The lowest BCUT2D eigenvalue weighted by Gasteiger charge is -2.18. The van der Waals surface area contributed by atoms with Crippen LogP contribution in [0.5, 0.6) is 0 Å². The zero-order valence-corrected chi connectivity index (χ0v) is 11.2. The normalized spacial score (nSPS) is 11.2. The first-order chi connectivity index (χ1) is 10.0. The second kappa shape index (κ2) is 5.87. The molecule has 0 aliphatic heterocycles. The van der Waals surface area contributed by atoms with Gasteiger partial charge in [-0.05, 0) is 18.2 Å². The third-order valence-electron chi connectivity index (χ3n) is 2.89. The third-order valence-corrected chi connectivity index (χ3v) is 2.89. The number of pyridine rings is 1. The Morgan fingerprint density at radius 3 is 2.57 bits per heavy atom. The molecule has 0 spiro atoms. The van der Waals surface area contributed by atoms with Crippen molar-refractivity contribution < 1.29 is 10.1 Å². The summed E-state index contributed by atoms with van der Waals surface area (Å²) in [5, 5.41) is 22.5. The van der Waals surface area contributed by atoms with E-state index in [2.05, 4.69) is 10.1 Å². The average molecular weight is 287 g/mol. The molecule has 2 rings (SSSR count). The Hall–Kier alpha value is -3.16. The number of hydrogen-bond donors (Lipinski definition) is 2. The molecule has 1 aromatic carbocycles. The Morgan fingerprint density at radius 1 is 1.33 bits per heavy atom. The molecule has 0 bridgehead atoms. The van der Waals surface area contributed by atoms with Crippen LogP contribution in [0.25, 0.3) is 0 Å². The lowest BCUT2D eigenvalue weighted by Crippen LogP contribution is -2.19. The number of aromatic nitrogens is 1. The summed E-state index contributed by atoms with van der Waals surface area (Å²) in [6, 6.07) is 12.1. The van der Waals surface area contributed by atoms with Gasteiger partial charge in [0.15, 0.2) is 11.5 Å². The Balaban J connectivity index is 2.50. The van der Waals surface area contributed by atoms with Gasteiger partial charge >= 0.3 is 0 Å². The molecular formula is C13H13N5O3. The van der Waals surface area contributed by atoms with E-state index < -0.39 is 10.8 Å². The predicted molar refractivity (Wildman–Crippen MR) is 77.9 cm³/mol. The Bertz CT molecular complexity index is 687. The molecule has 1 aromatic heterocycles. The van der Waals surface area contributed by atoms with E-state index >= 15 is 0 Å². The van der Waals surface area contributed by atoms with Crippen LogP contribution in [-0.2, 0) is 0 Å². The van der Waals surface area contributed by atoms with E-state index in [1.54, 1.807) is 11.9 Å². The first kappa shape index (κ1) is 14.3. The molecule has 1 heterocycles. The number of anilines is 2. The number of para-hydroxylation sites is 1. The van der Waals surface area contributed by atoms with Crippen molar-refractivity contribution in [2.45, 2.75) is 0 Å². The summed E-state index contributed by atoms with van der Waals surface area (Å²) in [4.78, 5) is 16.2. The topological polar surface area (TPSA) is 118 Å². The van der Waals surface area contributed by atoms with Crippen molar-refractivity contribution in [3.63, 3.8) is 0 Å². The fourth-order valence-corrected chi connectivity index (χ4v) is 1.80. The molecule has 0 saturated carbocycles. The second-order valence-electron chi connectivity index (χ2n) is 4.17. The summed E-state index contributed by atoms with van der Waals surface area (Å²) >= 11 is 0. The summed E-state index contributed by atoms with van der Waals surface area (Å²) in [6.07, 6.45) is 0. The van der Waals surface area contributed by atoms with Crippen LogP contribution in [0.2, 0.25) is 0 Å². The van der Waals surface area contributed by atoms with Crippen molar-refractivity contribution in [2.24, 2.45) is 10.9 Å². The molecule has 8 nitrogen and oxygen atoms in total. The first-order valence-electron chi connectivity index (χ1n) is 5.96. The van der Waals surface area contributed by atoms with Crippen LogP contribution >= 0.6 is 0 Å². The maximum absolute atomic E-state index is 11.0. The van der Waals surface area contributed by atoms with E-state index in [-0.39, 0.29) is 11.4 Å². The number of hydrogen-bond acceptors (Lipinski definition) is 6. The molecule has 0 aliphatic carbocycles. The van der Waals surface area contributed by atoms with Crippen LogP contribution in [0.15, 0.2) is 47.6 Å². The van der Waals surface area contributed by atoms with E-state index in [1.165, 1.54) is 12.1 Å². The SMILES string of the molecule is CN(c1ccccc1)c1ccc([N+](=O)[O-])c(/C(N)=N/O)n1. The summed E-state index contributed by atoms with van der Waals surface area (Å²) in [5.41, 5.74) is 5.80. The minimum Gasteiger partial charge on any atom is -0.409 e. The number of nitrogens with zero attached hydrogens (tertiary/aromatic N) is 4. The molecule has 0 aliphatic rings. The van der Waals surface area contributed by atoms with Gasteiger partial charge in [-0.3, -0.25) is 10.1 Å². The van der Waals surface area contributed by atoms with Crippen molar-refractivity contribution >= 4 is 23.0 Å². The molecule has 0 fully saturated rings. The molecule has 0 unspecified atom stereocenters. The Morgan fingerprint density at radius 2 is 2.00 bits per heavy atom. The minimum atomic E-state index is -0.632. The number of benzene rings is 1. The standard InChI is InChI=1S/C13H13N5O3/c1-17(9-5-3-2-4-6-9)11-8-7-10(18(20)21)12(15-11)13(14)16-19/h2-8,19H,1H3,(H2,14,16). The highest BCUT2D eigenvalue weighted by Gasteiger charge is 2.21. The average Bonchev–Trinajstić information content (AvgIpc) is 2.53. The van der Waals surface area contributed by atoms with Crippen molar-refractivity contribution in [2.75, 3.05) is 11.9 Å². The van der Waals surface area contributed by atoms with E-state index in [1.807, 2.05) is 30.3 Å². The minimum absolute atomic E-state index is 0.178. The van der Waals surface area contributed by atoms with Crippen LogP contribution in [-0.4, -0.2) is 28.0 Å². The lowest BCUT2D eigenvalue weighted by molar-refractivity contribution is -0.385. The molecular weight excluding hydrogens is 274 g/mol. The van der Waals surface area contributed by atoms with Crippen molar-refractivity contribution in [3.8, 4) is 0 Å². The van der Waals surface area contributed by atoms with E-state index in [4.69, 9.17) is 10.9 Å². The van der Waals surface area contributed by atoms with Crippen LogP contribution < -0.4 is 10.6 Å². The fraction of sp³-hybridized carbons (Fsp3) is 0.0769. The largest absolute Gasteiger partial charge is 0.409 e. The summed E-state index contributed by atoms with van der Waals surface area (Å²) in [7, 11) is 1.76. The van der Waals surface area contributed by atoms with Gasteiger partial charge in [-0.15, -0.1) is 0 Å². The molecule has 108 valence electrons. The molecule has 8 heteroatoms. The van der Waals surface area contributed by atoms with Gasteiger partial charge in [0.1, 0.15) is 5.82 Å². The maximum Gasteiger partial charge on any atom is 0.298 e. The Kier molecular flexibility index (Phi) is 3.98. The first-order valence-corrected chi connectivity index (χ1v) is 5.96. The molecule has 0 atom stereocenters. The van der Waals surface area contributed by atoms with Gasteiger partial charge in [0.25, 0.3) is 5.69 Å². The lowest BCUT2D eigenvalue weighted by atomic mass is 10.2. The van der Waals surface area contributed by atoms with E-state index in [0.717, 1.165) is 5.69 Å². The smallest absolute Gasteiger partial charge is 0.298 e. The van der Waals surface area contributed by atoms with Gasteiger partial charge in [-0.25, -0.2) is 4.98 Å². The van der Waals surface area contributed by atoms with Crippen molar-refractivity contribution in [3.05, 3.63) is 58.3 Å². The van der Waals surface area contributed by atoms with Gasteiger partial charge in [0.2, 0.25) is 0 Å². The quantitative estimate of drug-likeness (QED) is 0.291. The highest BCUT2D eigenvalue weighted by atomic mass is 16.6. The number of nitrogens with two attached hydrogens (primary N) is 1. The third kappa shape index (κ3) is 2.89. The number of nitro groups is 1. The zero-order valence-electron chi connectivity index (χ0n) is 11.2. The summed E-state index contributed by atoms with van der Waals surface area (Å²) < 4.78 is 0. The van der Waals surface area contributed by atoms with Gasteiger partial charge in [-0.1, -0.05) is 23.4 Å². The number of oxime groups is 1. The number of amidine groups is 1. The van der Waals surface area contributed by atoms with E-state index in [0.29, 0.717) is 5.82 Å². The van der Waals surface area contributed by atoms with Gasteiger partial charge in [0.05, 0.1) is 4.92 Å². The Labute approximate surface area is 120 Å². The van der Waals surface area contributed by atoms with Gasteiger partial charge < -0.3 is 15.8 Å². The van der Waals surface area contributed by atoms with E-state index in [9.17, 15) is 10.1 Å². The number of rotatable bonds is 4. The van der Waals surface area contributed by atoms with Crippen molar-refractivity contribution in [1.82, 2.24) is 4.98 Å². The highest BCUT2D eigenvalue weighted by molar-refractivity contribution is 5.99. The van der Waals surface area contributed by atoms with Crippen LogP contribution in [0.4, 0.5) is 17.2 Å².